The average molecular weight is 327 g/mol. The maximum atomic E-state index is 12.5. The first kappa shape index (κ1) is 16.6. The van der Waals surface area contributed by atoms with Crippen LogP contribution < -0.4 is 5.32 Å². The predicted octanol–water partition coefficient (Wildman–Crippen LogP) is 2.39. The molecule has 0 bridgehead atoms. The minimum absolute atomic E-state index is 0.0588. The highest BCUT2D eigenvalue weighted by Gasteiger charge is 2.27. The molecule has 2 heterocycles. The molecule has 3 rings (SSSR count). The number of benzene rings is 1. The first-order chi connectivity index (χ1) is 11.7. The van der Waals surface area contributed by atoms with Gasteiger partial charge in [-0.1, -0.05) is 36.2 Å². The van der Waals surface area contributed by atoms with Crippen molar-refractivity contribution in [3.05, 3.63) is 41.2 Å². The molecule has 1 aromatic heterocycles. The second-order valence-electron chi connectivity index (χ2n) is 6.55. The van der Waals surface area contributed by atoms with Crippen molar-refractivity contribution >= 4 is 5.91 Å². The van der Waals surface area contributed by atoms with E-state index < -0.39 is 0 Å². The number of unbranched alkanes of at least 4 members (excludes halogenated alkanes) is 1. The molecule has 1 aliphatic heterocycles. The molecule has 6 nitrogen and oxygen atoms in total. The van der Waals surface area contributed by atoms with Crippen LogP contribution in [0.5, 0.6) is 0 Å². The van der Waals surface area contributed by atoms with Crippen LogP contribution in [0, 0.1) is 6.92 Å². The number of tetrazole rings is 1. The topological polar surface area (TPSA) is 72.7 Å². The van der Waals surface area contributed by atoms with Crippen molar-refractivity contribution in [3.8, 4) is 0 Å². The zero-order valence-electron chi connectivity index (χ0n) is 14.2. The minimum atomic E-state index is -0.209. The van der Waals surface area contributed by atoms with Crippen molar-refractivity contribution in [2.75, 3.05) is 6.54 Å². The SMILES string of the molecule is Cc1cccc(CCCCNC(=O)C2CCCCn3nnnc32)c1. The molecule has 0 aliphatic carbocycles. The van der Waals surface area contributed by atoms with Gasteiger partial charge in [-0.3, -0.25) is 4.79 Å². The number of rotatable bonds is 6. The molecule has 2 aromatic rings. The summed E-state index contributed by atoms with van der Waals surface area (Å²) >= 11 is 0. The minimum Gasteiger partial charge on any atom is -0.355 e. The summed E-state index contributed by atoms with van der Waals surface area (Å²) in [4.78, 5) is 12.5. The number of carbonyl (C=O) groups excluding carboxylic acids is 1. The fourth-order valence-corrected chi connectivity index (χ4v) is 3.26. The average Bonchev–Trinajstić information content (AvgIpc) is 2.94. The van der Waals surface area contributed by atoms with E-state index in [9.17, 15) is 4.79 Å². The molecule has 6 heteroatoms. The van der Waals surface area contributed by atoms with E-state index in [4.69, 9.17) is 0 Å². The van der Waals surface area contributed by atoms with Gasteiger partial charge in [0.2, 0.25) is 5.91 Å². The van der Waals surface area contributed by atoms with Gasteiger partial charge < -0.3 is 5.32 Å². The zero-order chi connectivity index (χ0) is 16.8. The normalized spacial score (nSPS) is 17.1. The van der Waals surface area contributed by atoms with Crippen LogP contribution in [0.3, 0.4) is 0 Å². The highest BCUT2D eigenvalue weighted by Crippen LogP contribution is 2.23. The summed E-state index contributed by atoms with van der Waals surface area (Å²) in [7, 11) is 0. The quantitative estimate of drug-likeness (QED) is 0.827. The predicted molar refractivity (Wildman–Crippen MR) is 91.5 cm³/mol. The van der Waals surface area contributed by atoms with Crippen molar-refractivity contribution in [1.82, 2.24) is 25.5 Å². The summed E-state index contributed by atoms with van der Waals surface area (Å²) in [6.07, 6.45) is 5.99. The van der Waals surface area contributed by atoms with Crippen LogP contribution in [0.1, 0.15) is 55.0 Å². The van der Waals surface area contributed by atoms with Gasteiger partial charge in [-0.15, -0.1) is 5.10 Å². The van der Waals surface area contributed by atoms with E-state index in [0.717, 1.165) is 45.1 Å². The highest BCUT2D eigenvalue weighted by molar-refractivity contribution is 5.82. The Balaban J connectivity index is 1.43. The third-order valence-electron chi connectivity index (χ3n) is 4.57. The third-order valence-corrected chi connectivity index (χ3v) is 4.57. The molecule has 0 spiro atoms. The largest absolute Gasteiger partial charge is 0.355 e. The summed E-state index contributed by atoms with van der Waals surface area (Å²) in [6, 6.07) is 8.60. The van der Waals surface area contributed by atoms with Gasteiger partial charge >= 0.3 is 0 Å². The first-order valence-electron chi connectivity index (χ1n) is 8.83. The number of nitrogens with zero attached hydrogens (tertiary/aromatic N) is 4. The zero-order valence-corrected chi connectivity index (χ0v) is 14.2. The van der Waals surface area contributed by atoms with E-state index in [1.807, 2.05) is 0 Å². The number of hydrogen-bond acceptors (Lipinski definition) is 4. The highest BCUT2D eigenvalue weighted by atomic mass is 16.1. The van der Waals surface area contributed by atoms with Crippen LogP contribution in [0.25, 0.3) is 0 Å². The number of aryl methyl sites for hydroxylation is 3. The molecule has 24 heavy (non-hydrogen) atoms. The smallest absolute Gasteiger partial charge is 0.230 e. The lowest BCUT2D eigenvalue weighted by Crippen LogP contribution is -2.31. The molecule has 1 amide bonds. The summed E-state index contributed by atoms with van der Waals surface area (Å²) in [5.74, 6) is 0.563. The van der Waals surface area contributed by atoms with Gasteiger partial charge in [0, 0.05) is 13.1 Å². The van der Waals surface area contributed by atoms with Gasteiger partial charge in [-0.25, -0.2) is 4.68 Å². The lowest BCUT2D eigenvalue weighted by molar-refractivity contribution is -0.122. The fourth-order valence-electron chi connectivity index (χ4n) is 3.26. The van der Waals surface area contributed by atoms with Crippen LogP contribution in [0.15, 0.2) is 24.3 Å². The molecule has 1 aliphatic rings. The number of carbonyl (C=O) groups is 1. The van der Waals surface area contributed by atoms with Crippen molar-refractivity contribution < 1.29 is 4.79 Å². The summed E-state index contributed by atoms with van der Waals surface area (Å²) in [6.45, 7) is 3.63. The van der Waals surface area contributed by atoms with Crippen LogP contribution in [-0.4, -0.2) is 32.7 Å². The number of nitrogens with one attached hydrogen (secondary N) is 1. The Kier molecular flexibility index (Phi) is 5.56. The fraction of sp³-hybridized carbons (Fsp3) is 0.556. The second-order valence-corrected chi connectivity index (χ2v) is 6.55. The first-order valence-corrected chi connectivity index (χ1v) is 8.83. The molecule has 0 radical (unpaired) electrons. The van der Waals surface area contributed by atoms with E-state index in [2.05, 4.69) is 52.0 Å². The molecular formula is C18H25N5O. The van der Waals surface area contributed by atoms with E-state index in [1.54, 1.807) is 4.68 Å². The molecule has 1 unspecified atom stereocenters. The van der Waals surface area contributed by atoms with Gasteiger partial charge in [-0.2, -0.15) is 0 Å². The van der Waals surface area contributed by atoms with Crippen LogP contribution >= 0.6 is 0 Å². The van der Waals surface area contributed by atoms with Crippen molar-refractivity contribution in [3.63, 3.8) is 0 Å². The number of fused-ring (bicyclic) bond motifs is 1. The Morgan fingerprint density at radius 2 is 2.25 bits per heavy atom. The summed E-state index contributed by atoms with van der Waals surface area (Å²) in [5.41, 5.74) is 2.66. The molecular weight excluding hydrogens is 302 g/mol. The van der Waals surface area contributed by atoms with Crippen LogP contribution in [-0.2, 0) is 17.8 Å². The van der Waals surface area contributed by atoms with Gasteiger partial charge in [-0.05, 0) is 55.0 Å². The van der Waals surface area contributed by atoms with Crippen LogP contribution in [0.2, 0.25) is 0 Å². The Morgan fingerprint density at radius 1 is 1.33 bits per heavy atom. The number of amides is 1. The summed E-state index contributed by atoms with van der Waals surface area (Å²) < 4.78 is 1.77. The number of hydrogen-bond donors (Lipinski definition) is 1. The van der Waals surface area contributed by atoms with Gasteiger partial charge in [0.05, 0.1) is 5.92 Å². The lowest BCUT2D eigenvalue weighted by atomic mass is 10.0. The molecule has 1 N–H and O–H groups in total. The van der Waals surface area contributed by atoms with Gasteiger partial charge in [0.25, 0.3) is 0 Å². The van der Waals surface area contributed by atoms with E-state index >= 15 is 0 Å². The molecule has 128 valence electrons. The maximum Gasteiger partial charge on any atom is 0.230 e. The Hall–Kier alpha value is -2.24. The number of aromatic nitrogens is 4. The van der Waals surface area contributed by atoms with Gasteiger partial charge in [0.15, 0.2) is 5.82 Å². The Labute approximate surface area is 142 Å². The van der Waals surface area contributed by atoms with E-state index in [-0.39, 0.29) is 11.8 Å². The van der Waals surface area contributed by atoms with Crippen molar-refractivity contribution in [2.24, 2.45) is 0 Å². The standard InChI is InChI=1S/C18H25N5O/c1-14-7-6-9-15(13-14)8-2-4-11-19-18(24)16-10-3-5-12-23-17(16)20-21-22-23/h6-7,9,13,16H,2-5,8,10-12H2,1H3,(H,19,24). The van der Waals surface area contributed by atoms with Crippen molar-refractivity contribution in [2.45, 2.75) is 57.9 Å². The van der Waals surface area contributed by atoms with E-state index in [0.29, 0.717) is 12.4 Å². The molecule has 1 atom stereocenters. The van der Waals surface area contributed by atoms with Crippen LogP contribution in [0.4, 0.5) is 0 Å². The molecule has 0 saturated heterocycles. The lowest BCUT2D eigenvalue weighted by Gasteiger charge is -2.13. The molecule has 1 aromatic carbocycles. The maximum absolute atomic E-state index is 12.5. The monoisotopic (exact) mass is 327 g/mol. The van der Waals surface area contributed by atoms with Gasteiger partial charge in [0.1, 0.15) is 0 Å². The Morgan fingerprint density at radius 3 is 3.12 bits per heavy atom. The Bertz CT molecular complexity index is 682. The summed E-state index contributed by atoms with van der Waals surface area (Å²) in [5, 5.41) is 14.8. The molecule has 0 fully saturated rings. The molecule has 0 saturated carbocycles. The second kappa shape index (κ2) is 8.04. The third kappa shape index (κ3) is 4.19. The van der Waals surface area contributed by atoms with E-state index in [1.165, 1.54) is 11.1 Å². The van der Waals surface area contributed by atoms with Crippen molar-refractivity contribution in [1.29, 1.82) is 0 Å².